The molecular formula is C15H10O2. The van der Waals surface area contributed by atoms with E-state index in [4.69, 9.17) is 4.42 Å². The van der Waals surface area contributed by atoms with Crippen molar-refractivity contribution in [2.24, 2.45) is 0 Å². The first-order valence-electron chi connectivity index (χ1n) is 5.41. The second kappa shape index (κ2) is 3.91. The molecule has 0 atom stereocenters. The lowest BCUT2D eigenvalue weighted by Gasteiger charge is -2.00. The van der Waals surface area contributed by atoms with Crippen molar-refractivity contribution in [3.8, 4) is 0 Å². The minimum absolute atomic E-state index is 0.0358. The Morgan fingerprint density at radius 1 is 0.882 bits per heavy atom. The Morgan fingerprint density at radius 2 is 1.71 bits per heavy atom. The van der Waals surface area contributed by atoms with Gasteiger partial charge in [-0.1, -0.05) is 30.3 Å². The number of hydrogen-bond donors (Lipinski definition) is 0. The maximum absolute atomic E-state index is 12.2. The Kier molecular flexibility index (Phi) is 2.26. The van der Waals surface area contributed by atoms with Crippen LogP contribution in [0.4, 0.5) is 0 Å². The van der Waals surface area contributed by atoms with E-state index in [1.807, 2.05) is 48.5 Å². The maximum atomic E-state index is 12.2. The highest BCUT2D eigenvalue weighted by molar-refractivity contribution is 6.10. The van der Waals surface area contributed by atoms with Crippen LogP contribution < -0.4 is 0 Å². The molecule has 0 bridgehead atoms. The average molecular weight is 222 g/mol. The molecule has 0 aliphatic heterocycles. The van der Waals surface area contributed by atoms with Gasteiger partial charge < -0.3 is 4.42 Å². The fraction of sp³-hybridized carbons (Fsp3) is 0. The third-order valence-corrected chi connectivity index (χ3v) is 2.75. The molecule has 3 aromatic rings. The van der Waals surface area contributed by atoms with E-state index in [1.165, 1.54) is 0 Å². The zero-order chi connectivity index (χ0) is 11.7. The zero-order valence-corrected chi connectivity index (χ0v) is 9.09. The van der Waals surface area contributed by atoms with Crippen molar-refractivity contribution in [3.05, 3.63) is 72.0 Å². The Labute approximate surface area is 98.5 Å². The number of ketones is 1. The molecule has 2 heteroatoms. The monoisotopic (exact) mass is 222 g/mol. The van der Waals surface area contributed by atoms with Gasteiger partial charge in [0.05, 0.1) is 6.26 Å². The van der Waals surface area contributed by atoms with Crippen molar-refractivity contribution in [1.82, 2.24) is 0 Å². The van der Waals surface area contributed by atoms with Crippen LogP contribution in [0.2, 0.25) is 0 Å². The van der Waals surface area contributed by atoms with Crippen LogP contribution >= 0.6 is 0 Å². The van der Waals surface area contributed by atoms with Gasteiger partial charge in [-0.3, -0.25) is 4.79 Å². The summed E-state index contributed by atoms with van der Waals surface area (Å²) in [5, 5.41) is 0.951. The fourth-order valence-corrected chi connectivity index (χ4v) is 1.86. The van der Waals surface area contributed by atoms with E-state index >= 15 is 0 Å². The van der Waals surface area contributed by atoms with E-state index in [1.54, 1.807) is 12.3 Å². The van der Waals surface area contributed by atoms with Gasteiger partial charge in [0.2, 0.25) is 0 Å². The summed E-state index contributed by atoms with van der Waals surface area (Å²) in [6, 6.07) is 16.6. The summed E-state index contributed by atoms with van der Waals surface area (Å²) in [6.07, 6.45) is 1.63. The molecule has 1 aromatic heterocycles. The van der Waals surface area contributed by atoms with E-state index < -0.39 is 0 Å². The van der Waals surface area contributed by atoms with Gasteiger partial charge in [-0.15, -0.1) is 0 Å². The first-order valence-corrected chi connectivity index (χ1v) is 5.41. The molecule has 2 nitrogen and oxygen atoms in total. The van der Waals surface area contributed by atoms with E-state index in [0.29, 0.717) is 11.1 Å². The van der Waals surface area contributed by atoms with Gasteiger partial charge in [-0.2, -0.15) is 0 Å². The van der Waals surface area contributed by atoms with Crippen molar-refractivity contribution in [2.45, 2.75) is 0 Å². The summed E-state index contributed by atoms with van der Waals surface area (Å²) in [4.78, 5) is 12.2. The fourth-order valence-electron chi connectivity index (χ4n) is 1.86. The lowest BCUT2D eigenvalue weighted by molar-refractivity contribution is 0.103. The normalized spacial score (nSPS) is 10.6. The molecule has 0 unspecified atom stereocenters. The van der Waals surface area contributed by atoms with Crippen LogP contribution in [0.5, 0.6) is 0 Å². The lowest BCUT2D eigenvalue weighted by Crippen LogP contribution is -2.00. The van der Waals surface area contributed by atoms with Crippen LogP contribution in [0, 0.1) is 0 Å². The number of furan rings is 1. The molecular weight excluding hydrogens is 212 g/mol. The molecule has 0 amide bonds. The highest BCUT2D eigenvalue weighted by Gasteiger charge is 2.09. The van der Waals surface area contributed by atoms with E-state index in [9.17, 15) is 4.79 Å². The van der Waals surface area contributed by atoms with Gasteiger partial charge >= 0.3 is 0 Å². The van der Waals surface area contributed by atoms with Crippen LogP contribution in [0.25, 0.3) is 11.0 Å². The molecule has 0 N–H and O–H groups in total. The summed E-state index contributed by atoms with van der Waals surface area (Å²) in [7, 11) is 0. The largest absolute Gasteiger partial charge is 0.464 e. The SMILES string of the molecule is O=C(c1ccccc1)c1ccc2occc2c1. The Hall–Kier alpha value is -2.35. The van der Waals surface area contributed by atoms with E-state index in [-0.39, 0.29) is 5.78 Å². The highest BCUT2D eigenvalue weighted by Crippen LogP contribution is 2.19. The van der Waals surface area contributed by atoms with Crippen LogP contribution in [0.1, 0.15) is 15.9 Å². The van der Waals surface area contributed by atoms with Gasteiger partial charge in [-0.05, 0) is 24.3 Å². The minimum Gasteiger partial charge on any atom is -0.464 e. The van der Waals surface area contributed by atoms with Crippen molar-refractivity contribution in [3.63, 3.8) is 0 Å². The number of fused-ring (bicyclic) bond motifs is 1. The summed E-state index contributed by atoms with van der Waals surface area (Å²) in [6.45, 7) is 0. The predicted molar refractivity (Wildman–Crippen MR) is 66.1 cm³/mol. The summed E-state index contributed by atoms with van der Waals surface area (Å²) < 4.78 is 5.25. The summed E-state index contributed by atoms with van der Waals surface area (Å²) in [5.41, 5.74) is 2.19. The molecule has 1 heterocycles. The van der Waals surface area contributed by atoms with Crippen molar-refractivity contribution in [2.75, 3.05) is 0 Å². The standard InChI is InChI=1S/C15H10O2/c16-15(11-4-2-1-3-5-11)13-6-7-14-12(10-13)8-9-17-14/h1-10H. The topological polar surface area (TPSA) is 30.2 Å². The third kappa shape index (κ3) is 1.74. The molecule has 82 valence electrons. The van der Waals surface area contributed by atoms with Crippen molar-refractivity contribution >= 4 is 16.8 Å². The number of hydrogen-bond acceptors (Lipinski definition) is 2. The number of rotatable bonds is 2. The van der Waals surface area contributed by atoms with E-state index in [0.717, 1.165) is 11.0 Å². The van der Waals surface area contributed by atoms with Crippen LogP contribution in [0.3, 0.4) is 0 Å². The number of carbonyl (C=O) groups excluding carboxylic acids is 1. The number of carbonyl (C=O) groups is 1. The third-order valence-electron chi connectivity index (χ3n) is 2.75. The first-order chi connectivity index (χ1) is 8.34. The molecule has 3 rings (SSSR count). The zero-order valence-electron chi connectivity index (χ0n) is 9.09. The first kappa shape index (κ1) is 9.85. The molecule has 17 heavy (non-hydrogen) atoms. The molecule has 0 aliphatic rings. The molecule has 0 aliphatic carbocycles. The molecule has 0 saturated carbocycles. The Morgan fingerprint density at radius 3 is 2.53 bits per heavy atom. The highest BCUT2D eigenvalue weighted by atomic mass is 16.3. The minimum atomic E-state index is 0.0358. The van der Waals surface area contributed by atoms with Gasteiger partial charge in [0.1, 0.15) is 5.58 Å². The summed E-state index contributed by atoms with van der Waals surface area (Å²) in [5.74, 6) is 0.0358. The summed E-state index contributed by atoms with van der Waals surface area (Å²) >= 11 is 0. The van der Waals surface area contributed by atoms with Crippen molar-refractivity contribution < 1.29 is 9.21 Å². The van der Waals surface area contributed by atoms with Gasteiger partial charge in [0.25, 0.3) is 0 Å². The lowest BCUT2D eigenvalue weighted by atomic mass is 10.0. The number of benzene rings is 2. The molecule has 0 radical (unpaired) electrons. The average Bonchev–Trinajstić information content (AvgIpc) is 2.86. The van der Waals surface area contributed by atoms with E-state index in [2.05, 4.69) is 0 Å². The van der Waals surface area contributed by atoms with Gasteiger partial charge in [0.15, 0.2) is 5.78 Å². The second-order valence-corrected chi connectivity index (χ2v) is 3.87. The maximum Gasteiger partial charge on any atom is 0.193 e. The van der Waals surface area contributed by atoms with Crippen LogP contribution in [0.15, 0.2) is 65.3 Å². The molecule has 2 aromatic carbocycles. The van der Waals surface area contributed by atoms with Crippen LogP contribution in [-0.4, -0.2) is 5.78 Å². The Bertz CT molecular complexity index is 665. The second-order valence-electron chi connectivity index (χ2n) is 3.87. The van der Waals surface area contributed by atoms with Crippen molar-refractivity contribution in [1.29, 1.82) is 0 Å². The quantitative estimate of drug-likeness (QED) is 0.619. The molecule has 0 fully saturated rings. The molecule has 0 saturated heterocycles. The predicted octanol–water partition coefficient (Wildman–Crippen LogP) is 3.66. The van der Waals surface area contributed by atoms with Crippen LogP contribution in [-0.2, 0) is 0 Å². The van der Waals surface area contributed by atoms with Gasteiger partial charge in [-0.25, -0.2) is 0 Å². The van der Waals surface area contributed by atoms with Gasteiger partial charge in [0, 0.05) is 16.5 Å². The smallest absolute Gasteiger partial charge is 0.193 e. The molecule has 0 spiro atoms. The Balaban J connectivity index is 2.06.